The maximum absolute atomic E-state index is 12.5. The fourth-order valence-electron chi connectivity index (χ4n) is 2.13. The number of aromatic amines is 1. The van der Waals surface area contributed by atoms with Crippen LogP contribution in [0.2, 0.25) is 0 Å². The van der Waals surface area contributed by atoms with Crippen molar-refractivity contribution in [2.24, 2.45) is 0 Å². The number of nitrogens with two attached hydrogens (primary N) is 1. The number of benzene rings is 1. The minimum absolute atomic E-state index is 0.0955. The Morgan fingerprint density at radius 3 is 2.62 bits per heavy atom. The number of amides is 1. The molecule has 0 fully saturated rings. The Morgan fingerprint density at radius 2 is 2.00 bits per heavy atom. The van der Waals surface area contributed by atoms with E-state index in [-0.39, 0.29) is 5.91 Å². The number of carbonyl (C=O) groups excluding carboxylic acids is 1. The number of aryl methyl sites for hydroxylation is 1. The zero-order valence-corrected chi connectivity index (χ0v) is 12.7. The third kappa shape index (κ3) is 3.42. The first-order valence-electron chi connectivity index (χ1n) is 7.15. The molecule has 1 aromatic heterocycles. The van der Waals surface area contributed by atoms with Crippen LogP contribution >= 0.6 is 0 Å². The Labute approximate surface area is 124 Å². The molecule has 2 rings (SSSR count). The predicted molar refractivity (Wildman–Crippen MR) is 85.1 cm³/mol. The molecule has 0 spiro atoms. The molecule has 0 atom stereocenters. The van der Waals surface area contributed by atoms with E-state index in [1.165, 1.54) is 0 Å². The first-order chi connectivity index (χ1) is 9.93. The number of H-pyrrole nitrogens is 1. The lowest BCUT2D eigenvalue weighted by Gasteiger charge is -2.23. The first-order valence-corrected chi connectivity index (χ1v) is 7.15. The lowest BCUT2D eigenvalue weighted by molar-refractivity contribution is -0.120. The lowest BCUT2D eigenvalue weighted by atomic mass is 9.83. The number of rotatable bonds is 5. The van der Waals surface area contributed by atoms with Crippen molar-refractivity contribution in [3.8, 4) is 0 Å². The summed E-state index contributed by atoms with van der Waals surface area (Å²) in [5, 5.41) is 9.91. The molecule has 112 valence electrons. The summed E-state index contributed by atoms with van der Waals surface area (Å²) in [5.41, 5.74) is 7.66. The van der Waals surface area contributed by atoms with E-state index in [1.54, 1.807) is 12.1 Å². The van der Waals surface area contributed by atoms with Gasteiger partial charge in [-0.3, -0.25) is 9.89 Å². The molecule has 1 heterocycles. The van der Waals surface area contributed by atoms with Crippen LogP contribution in [0.4, 0.5) is 11.5 Å². The van der Waals surface area contributed by atoms with Crippen LogP contribution in [0.5, 0.6) is 0 Å². The normalized spacial score (nSPS) is 11.4. The van der Waals surface area contributed by atoms with E-state index >= 15 is 0 Å². The minimum Gasteiger partial charge on any atom is -0.399 e. The molecular formula is C16H22N4O. The molecule has 4 N–H and O–H groups in total. The Balaban J connectivity index is 2.12. The van der Waals surface area contributed by atoms with Crippen molar-refractivity contribution >= 4 is 17.4 Å². The van der Waals surface area contributed by atoms with Gasteiger partial charge in [0.25, 0.3) is 0 Å². The average Bonchev–Trinajstić information content (AvgIpc) is 2.87. The highest BCUT2D eigenvalue weighted by atomic mass is 16.2. The Hall–Kier alpha value is -2.30. The summed E-state index contributed by atoms with van der Waals surface area (Å²) in [6.07, 6.45) is 1.96. The van der Waals surface area contributed by atoms with Gasteiger partial charge in [0.2, 0.25) is 5.91 Å². The summed E-state index contributed by atoms with van der Waals surface area (Å²) in [7, 11) is 0. The second kappa shape index (κ2) is 5.99. The van der Waals surface area contributed by atoms with E-state index in [1.807, 2.05) is 32.0 Å². The third-order valence-electron chi connectivity index (χ3n) is 3.59. The molecule has 0 bridgehead atoms. The molecule has 0 unspecified atom stereocenters. The summed E-state index contributed by atoms with van der Waals surface area (Å²) in [6, 6.07) is 9.24. The van der Waals surface area contributed by atoms with Crippen molar-refractivity contribution in [2.75, 3.05) is 11.1 Å². The largest absolute Gasteiger partial charge is 0.399 e. The number of hydrogen-bond acceptors (Lipinski definition) is 3. The number of carbonyl (C=O) groups is 1. The van der Waals surface area contributed by atoms with Gasteiger partial charge in [-0.2, -0.15) is 5.10 Å². The fourth-order valence-corrected chi connectivity index (χ4v) is 2.13. The molecule has 0 aliphatic rings. The van der Waals surface area contributed by atoms with Gasteiger partial charge >= 0.3 is 0 Å². The fraction of sp³-hybridized carbons (Fsp3) is 0.375. The Kier molecular flexibility index (Phi) is 4.31. The second-order valence-corrected chi connectivity index (χ2v) is 5.73. The Morgan fingerprint density at radius 1 is 1.33 bits per heavy atom. The maximum atomic E-state index is 12.5. The van der Waals surface area contributed by atoms with E-state index in [4.69, 9.17) is 5.73 Å². The lowest BCUT2D eigenvalue weighted by Crippen LogP contribution is -2.34. The topological polar surface area (TPSA) is 83.8 Å². The van der Waals surface area contributed by atoms with Gasteiger partial charge in [0, 0.05) is 17.4 Å². The standard InChI is InChI=1S/C16H22N4O/c1-4-5-13-10-14(20-19-13)18-15(21)16(2,3)11-6-8-12(17)9-7-11/h6-10H,4-5,17H2,1-3H3,(H2,18,19,20,21). The number of hydrogen-bond donors (Lipinski definition) is 3. The zero-order valence-electron chi connectivity index (χ0n) is 12.7. The van der Waals surface area contributed by atoms with Crippen LogP contribution < -0.4 is 11.1 Å². The summed E-state index contributed by atoms with van der Waals surface area (Å²) >= 11 is 0. The molecule has 21 heavy (non-hydrogen) atoms. The molecule has 2 aromatic rings. The number of nitrogens with one attached hydrogen (secondary N) is 2. The highest BCUT2D eigenvalue weighted by Crippen LogP contribution is 2.25. The molecule has 5 heteroatoms. The highest BCUT2D eigenvalue weighted by molar-refractivity contribution is 5.98. The van der Waals surface area contributed by atoms with Crippen molar-refractivity contribution in [1.82, 2.24) is 10.2 Å². The van der Waals surface area contributed by atoms with Gasteiger partial charge < -0.3 is 11.1 Å². The highest BCUT2D eigenvalue weighted by Gasteiger charge is 2.30. The summed E-state index contributed by atoms with van der Waals surface area (Å²) in [6.45, 7) is 5.87. The first kappa shape index (κ1) is 15.1. The van der Waals surface area contributed by atoms with Crippen LogP contribution in [0.25, 0.3) is 0 Å². The van der Waals surface area contributed by atoms with Crippen LogP contribution in [0.1, 0.15) is 38.4 Å². The van der Waals surface area contributed by atoms with E-state index in [0.717, 1.165) is 24.1 Å². The number of nitrogen functional groups attached to an aromatic ring is 1. The van der Waals surface area contributed by atoms with Gasteiger partial charge in [-0.15, -0.1) is 0 Å². The van der Waals surface area contributed by atoms with Crippen molar-refractivity contribution in [3.05, 3.63) is 41.6 Å². The molecule has 0 saturated heterocycles. The summed E-state index contributed by atoms with van der Waals surface area (Å²) < 4.78 is 0. The maximum Gasteiger partial charge on any atom is 0.235 e. The van der Waals surface area contributed by atoms with Crippen LogP contribution in [0, 0.1) is 0 Å². The summed E-state index contributed by atoms with van der Waals surface area (Å²) in [4.78, 5) is 12.5. The molecule has 1 amide bonds. The van der Waals surface area contributed by atoms with Gasteiger partial charge in [0.1, 0.15) is 0 Å². The van der Waals surface area contributed by atoms with Crippen molar-refractivity contribution in [1.29, 1.82) is 0 Å². The van der Waals surface area contributed by atoms with Crippen LogP contribution in [-0.2, 0) is 16.6 Å². The predicted octanol–water partition coefficient (Wildman–Crippen LogP) is 2.86. The minimum atomic E-state index is -0.655. The van der Waals surface area contributed by atoms with Gasteiger partial charge in [0.05, 0.1) is 5.41 Å². The molecule has 5 nitrogen and oxygen atoms in total. The van der Waals surface area contributed by atoms with E-state index < -0.39 is 5.41 Å². The third-order valence-corrected chi connectivity index (χ3v) is 3.59. The molecule has 1 aromatic carbocycles. The van der Waals surface area contributed by atoms with Crippen LogP contribution in [-0.4, -0.2) is 16.1 Å². The SMILES string of the molecule is CCCc1cc(NC(=O)C(C)(C)c2ccc(N)cc2)n[nH]1. The second-order valence-electron chi connectivity index (χ2n) is 5.73. The average molecular weight is 286 g/mol. The quantitative estimate of drug-likeness (QED) is 0.739. The molecule has 0 radical (unpaired) electrons. The molecule has 0 aliphatic heterocycles. The van der Waals surface area contributed by atoms with Crippen LogP contribution in [0.15, 0.2) is 30.3 Å². The van der Waals surface area contributed by atoms with Gasteiger partial charge in [-0.05, 0) is 38.0 Å². The molecule has 0 aliphatic carbocycles. The monoisotopic (exact) mass is 286 g/mol. The number of anilines is 2. The molecular weight excluding hydrogens is 264 g/mol. The van der Waals surface area contributed by atoms with Crippen LogP contribution in [0.3, 0.4) is 0 Å². The van der Waals surface area contributed by atoms with Crippen molar-refractivity contribution < 1.29 is 4.79 Å². The van der Waals surface area contributed by atoms with Gasteiger partial charge in [-0.1, -0.05) is 25.5 Å². The summed E-state index contributed by atoms with van der Waals surface area (Å²) in [5.74, 6) is 0.466. The van der Waals surface area contributed by atoms with E-state index in [2.05, 4.69) is 22.4 Å². The van der Waals surface area contributed by atoms with Crippen molar-refractivity contribution in [2.45, 2.75) is 39.0 Å². The van der Waals surface area contributed by atoms with Gasteiger partial charge in [0.15, 0.2) is 5.82 Å². The van der Waals surface area contributed by atoms with E-state index in [0.29, 0.717) is 11.5 Å². The van der Waals surface area contributed by atoms with E-state index in [9.17, 15) is 4.79 Å². The molecule has 0 saturated carbocycles. The zero-order chi connectivity index (χ0) is 15.5. The number of aromatic nitrogens is 2. The number of nitrogens with zero attached hydrogens (tertiary/aromatic N) is 1. The van der Waals surface area contributed by atoms with Gasteiger partial charge in [-0.25, -0.2) is 0 Å². The Bertz CT molecular complexity index is 613. The van der Waals surface area contributed by atoms with Crippen molar-refractivity contribution in [3.63, 3.8) is 0 Å². The smallest absolute Gasteiger partial charge is 0.235 e.